The van der Waals surface area contributed by atoms with Crippen LogP contribution in [0.2, 0.25) is 0 Å². The quantitative estimate of drug-likeness (QED) is 0.332. The van der Waals surface area contributed by atoms with Crippen LogP contribution in [0, 0.1) is 6.92 Å². The molecule has 0 unspecified atom stereocenters. The van der Waals surface area contributed by atoms with Crippen LogP contribution in [-0.2, 0) is 17.0 Å². The third kappa shape index (κ3) is 3.55. The van der Waals surface area contributed by atoms with Crippen molar-refractivity contribution >= 4 is 28.4 Å². The van der Waals surface area contributed by atoms with E-state index >= 15 is 0 Å². The minimum absolute atomic E-state index is 0.0596. The molecule has 0 amide bonds. The van der Waals surface area contributed by atoms with Crippen molar-refractivity contribution in [1.29, 1.82) is 0 Å². The molecule has 1 aromatic carbocycles. The Balaban J connectivity index is 1.75. The maximum absolute atomic E-state index is 13.0. The van der Waals surface area contributed by atoms with Crippen LogP contribution in [0.5, 0.6) is 0 Å². The maximum atomic E-state index is 13.0. The van der Waals surface area contributed by atoms with Crippen LogP contribution >= 0.6 is 11.8 Å². The van der Waals surface area contributed by atoms with E-state index in [4.69, 9.17) is 9.26 Å². The van der Waals surface area contributed by atoms with Gasteiger partial charge in [-0.05, 0) is 32.4 Å². The lowest BCUT2D eigenvalue weighted by molar-refractivity contribution is 0.141. The van der Waals surface area contributed by atoms with E-state index in [-0.39, 0.29) is 5.56 Å². The molecule has 0 bridgehead atoms. The summed E-state index contributed by atoms with van der Waals surface area (Å²) in [4.78, 5) is 13.0. The standard InChI is InChI=1S/C19H21N5O3S/c1-3-26-10-6-9-23-17(25)15-7-4-5-8-16(15)24-18(23)20-21-19(24)28-12-14-11-13(2)27-22-14/h4-5,7-8,11H,3,6,9-10,12H2,1-2H3. The summed E-state index contributed by atoms with van der Waals surface area (Å²) in [5.74, 6) is 1.92. The van der Waals surface area contributed by atoms with Crippen LogP contribution in [-0.4, -0.2) is 37.5 Å². The summed E-state index contributed by atoms with van der Waals surface area (Å²) in [7, 11) is 0. The molecule has 0 radical (unpaired) electrons. The van der Waals surface area contributed by atoms with Gasteiger partial charge in [-0.25, -0.2) is 0 Å². The zero-order chi connectivity index (χ0) is 19.5. The van der Waals surface area contributed by atoms with Crippen LogP contribution < -0.4 is 5.56 Å². The fourth-order valence-electron chi connectivity index (χ4n) is 3.12. The highest BCUT2D eigenvalue weighted by Crippen LogP contribution is 2.24. The van der Waals surface area contributed by atoms with E-state index in [1.165, 1.54) is 11.8 Å². The molecular weight excluding hydrogens is 378 g/mol. The van der Waals surface area contributed by atoms with Crippen molar-refractivity contribution in [3.05, 3.63) is 52.1 Å². The van der Waals surface area contributed by atoms with Gasteiger partial charge in [0.05, 0.1) is 16.6 Å². The van der Waals surface area contributed by atoms with Crippen LogP contribution in [0.15, 0.2) is 44.8 Å². The predicted octanol–water partition coefficient (Wildman–Crippen LogP) is 3.06. The molecule has 4 aromatic rings. The zero-order valence-electron chi connectivity index (χ0n) is 15.8. The fourth-order valence-corrected chi connectivity index (χ4v) is 3.94. The van der Waals surface area contributed by atoms with Gasteiger partial charge < -0.3 is 9.26 Å². The van der Waals surface area contributed by atoms with E-state index in [1.54, 1.807) is 4.57 Å². The van der Waals surface area contributed by atoms with Gasteiger partial charge in [0.2, 0.25) is 5.78 Å². The summed E-state index contributed by atoms with van der Waals surface area (Å²) in [6.07, 6.45) is 0.731. The first-order valence-electron chi connectivity index (χ1n) is 9.18. The summed E-state index contributed by atoms with van der Waals surface area (Å²) < 4.78 is 14.2. The number of aryl methyl sites for hydroxylation is 2. The molecule has 8 nitrogen and oxygen atoms in total. The Bertz CT molecular complexity index is 1160. The lowest BCUT2D eigenvalue weighted by atomic mass is 10.2. The number of aromatic nitrogens is 5. The highest BCUT2D eigenvalue weighted by molar-refractivity contribution is 7.98. The molecule has 0 aliphatic rings. The molecule has 0 atom stereocenters. The smallest absolute Gasteiger partial charge is 0.262 e. The molecule has 0 aliphatic heterocycles. The molecule has 0 fully saturated rings. The third-order valence-electron chi connectivity index (χ3n) is 4.38. The fraction of sp³-hybridized carbons (Fsp3) is 0.368. The number of para-hydroxylation sites is 1. The number of thioether (sulfide) groups is 1. The average Bonchev–Trinajstić information content (AvgIpc) is 3.32. The predicted molar refractivity (Wildman–Crippen MR) is 107 cm³/mol. The molecule has 4 rings (SSSR count). The van der Waals surface area contributed by atoms with Crippen molar-refractivity contribution in [3.8, 4) is 0 Å². The van der Waals surface area contributed by atoms with Gasteiger partial charge in [-0.15, -0.1) is 10.2 Å². The normalized spacial score (nSPS) is 11.6. The van der Waals surface area contributed by atoms with Gasteiger partial charge in [0, 0.05) is 31.6 Å². The van der Waals surface area contributed by atoms with Gasteiger partial charge in [0.1, 0.15) is 5.76 Å². The number of hydrogen-bond acceptors (Lipinski definition) is 7. The van der Waals surface area contributed by atoms with Gasteiger partial charge in [-0.2, -0.15) is 0 Å². The first-order valence-corrected chi connectivity index (χ1v) is 10.2. The number of rotatable bonds is 8. The van der Waals surface area contributed by atoms with Crippen molar-refractivity contribution in [1.82, 2.24) is 24.3 Å². The first-order chi connectivity index (χ1) is 13.7. The van der Waals surface area contributed by atoms with Crippen molar-refractivity contribution in [3.63, 3.8) is 0 Å². The van der Waals surface area contributed by atoms with Crippen LogP contribution in [0.4, 0.5) is 0 Å². The number of hydrogen-bond donors (Lipinski definition) is 0. The molecule has 0 N–H and O–H groups in total. The molecule has 0 aliphatic carbocycles. The maximum Gasteiger partial charge on any atom is 0.262 e. The Morgan fingerprint density at radius 2 is 2.11 bits per heavy atom. The molecule has 0 saturated carbocycles. The summed E-state index contributed by atoms with van der Waals surface area (Å²) in [5, 5.41) is 14.0. The van der Waals surface area contributed by atoms with Crippen LogP contribution in [0.3, 0.4) is 0 Å². The summed E-state index contributed by atoms with van der Waals surface area (Å²) in [6, 6.07) is 9.44. The highest BCUT2D eigenvalue weighted by atomic mass is 32.2. The van der Waals surface area contributed by atoms with Gasteiger partial charge in [-0.1, -0.05) is 29.1 Å². The van der Waals surface area contributed by atoms with Crippen molar-refractivity contribution in [2.24, 2.45) is 0 Å². The van der Waals surface area contributed by atoms with Gasteiger partial charge >= 0.3 is 0 Å². The van der Waals surface area contributed by atoms with Gasteiger partial charge in [-0.3, -0.25) is 13.8 Å². The topological polar surface area (TPSA) is 87.5 Å². The number of benzene rings is 1. The van der Waals surface area contributed by atoms with Crippen molar-refractivity contribution < 1.29 is 9.26 Å². The van der Waals surface area contributed by atoms with Crippen molar-refractivity contribution in [2.45, 2.75) is 37.7 Å². The molecule has 0 saturated heterocycles. The number of fused-ring (bicyclic) bond motifs is 3. The third-order valence-corrected chi connectivity index (χ3v) is 5.34. The molecule has 9 heteroatoms. The molecule has 28 heavy (non-hydrogen) atoms. The minimum Gasteiger partial charge on any atom is -0.382 e. The SMILES string of the molecule is CCOCCCn1c(=O)c2ccccc2n2c(SCc3cc(C)on3)nnc12. The van der Waals surface area contributed by atoms with Crippen LogP contribution in [0.25, 0.3) is 16.7 Å². The Morgan fingerprint density at radius 3 is 2.89 bits per heavy atom. The number of ether oxygens (including phenoxy) is 1. The Hall–Kier alpha value is -2.65. The molecule has 3 heterocycles. The van der Waals surface area contributed by atoms with E-state index in [1.807, 2.05) is 48.6 Å². The zero-order valence-corrected chi connectivity index (χ0v) is 16.6. The Labute approximate surface area is 165 Å². The number of nitrogens with zero attached hydrogens (tertiary/aromatic N) is 5. The monoisotopic (exact) mass is 399 g/mol. The van der Waals surface area contributed by atoms with Crippen LogP contribution in [0.1, 0.15) is 24.8 Å². The van der Waals surface area contributed by atoms with Gasteiger partial charge in [0.25, 0.3) is 5.56 Å². The van der Waals surface area contributed by atoms with E-state index in [0.29, 0.717) is 41.8 Å². The first kappa shape index (κ1) is 18.7. The molecular formula is C19H21N5O3S. The second kappa shape index (κ2) is 8.15. The van der Waals surface area contributed by atoms with Gasteiger partial charge in [0.15, 0.2) is 5.16 Å². The summed E-state index contributed by atoms with van der Waals surface area (Å²) >= 11 is 1.51. The van der Waals surface area contributed by atoms with E-state index in [0.717, 1.165) is 23.4 Å². The minimum atomic E-state index is -0.0596. The van der Waals surface area contributed by atoms with E-state index in [9.17, 15) is 4.79 Å². The second-order valence-corrected chi connectivity index (χ2v) is 7.30. The molecule has 3 aromatic heterocycles. The lowest BCUT2D eigenvalue weighted by Gasteiger charge is -2.11. The second-order valence-electron chi connectivity index (χ2n) is 6.36. The van der Waals surface area contributed by atoms with E-state index < -0.39 is 0 Å². The molecule has 0 spiro atoms. The highest BCUT2D eigenvalue weighted by Gasteiger charge is 2.17. The lowest BCUT2D eigenvalue weighted by Crippen LogP contribution is -2.24. The summed E-state index contributed by atoms with van der Waals surface area (Å²) in [5.41, 5.74) is 1.58. The van der Waals surface area contributed by atoms with E-state index in [2.05, 4.69) is 15.4 Å². The largest absolute Gasteiger partial charge is 0.382 e. The Kier molecular flexibility index (Phi) is 5.45. The summed E-state index contributed by atoms with van der Waals surface area (Å²) in [6.45, 7) is 5.61. The Morgan fingerprint density at radius 1 is 1.25 bits per heavy atom. The van der Waals surface area contributed by atoms with Crippen molar-refractivity contribution in [2.75, 3.05) is 13.2 Å². The average molecular weight is 399 g/mol. The molecule has 146 valence electrons.